The van der Waals surface area contributed by atoms with Crippen LogP contribution in [-0.4, -0.2) is 102 Å². The summed E-state index contributed by atoms with van der Waals surface area (Å²) in [7, 11) is 0. The van der Waals surface area contributed by atoms with Gasteiger partial charge in [0.1, 0.15) is 23.9 Å². The summed E-state index contributed by atoms with van der Waals surface area (Å²) < 4.78 is 0. The van der Waals surface area contributed by atoms with E-state index in [2.05, 4.69) is 26.6 Å². The number of hydrogen-bond acceptors (Lipinski definition) is 9. The summed E-state index contributed by atoms with van der Waals surface area (Å²) in [5.74, 6) is -2.89. The number of nitrogens with two attached hydrogens (primary N) is 2. The maximum absolute atomic E-state index is 14.0. The average Bonchev–Trinajstić information content (AvgIpc) is 3.62. The molecule has 0 radical (unpaired) electrons. The van der Waals surface area contributed by atoms with Gasteiger partial charge in [-0.25, -0.2) is 0 Å². The summed E-state index contributed by atoms with van der Waals surface area (Å²) in [6.45, 7) is 4.69. The number of rotatable bonds is 13. The van der Waals surface area contributed by atoms with E-state index in [0.717, 1.165) is 5.56 Å². The fourth-order valence-corrected chi connectivity index (χ4v) is 6.41. The smallest absolute Gasteiger partial charge is 0.247 e. The van der Waals surface area contributed by atoms with Crippen LogP contribution in [-0.2, 0) is 35.2 Å². The molecule has 0 aromatic heterocycles. The fourth-order valence-electron chi connectivity index (χ4n) is 6.41. The van der Waals surface area contributed by atoms with Crippen molar-refractivity contribution in [2.45, 2.75) is 115 Å². The highest BCUT2D eigenvalue weighted by Gasteiger charge is 2.39. The largest absolute Gasteiger partial charge is 0.508 e. The van der Waals surface area contributed by atoms with Crippen molar-refractivity contribution in [3.8, 4) is 5.75 Å². The molecule has 1 aromatic rings. The van der Waals surface area contributed by atoms with E-state index in [-0.39, 0.29) is 49.9 Å². The predicted octanol–water partition coefficient (Wildman–Crippen LogP) is 0.245. The van der Waals surface area contributed by atoms with E-state index in [1.54, 1.807) is 12.1 Å². The molecule has 2 heterocycles. The number of fused-ring (bicyclic) bond motifs is 1. The average molecular weight is 727 g/mol. The first-order valence-corrected chi connectivity index (χ1v) is 18.6. The van der Waals surface area contributed by atoms with Gasteiger partial charge in [-0.15, -0.1) is 0 Å². The molecular weight excluding hydrogens is 668 g/mol. The molecule has 15 heteroatoms. The number of nitrogens with one attached hydrogen (secondary N) is 5. The van der Waals surface area contributed by atoms with Crippen LogP contribution in [0.2, 0.25) is 0 Å². The molecule has 1 aromatic carbocycles. The van der Waals surface area contributed by atoms with Gasteiger partial charge in [0.2, 0.25) is 35.4 Å². The Kier molecular flexibility index (Phi) is 17.5. The maximum atomic E-state index is 14.0. The lowest BCUT2D eigenvalue weighted by Crippen LogP contribution is -2.57. The van der Waals surface area contributed by atoms with Crippen LogP contribution < -0.4 is 38.1 Å². The number of unbranched alkanes of at least 4 members (excludes halogenated alkanes) is 2. The van der Waals surface area contributed by atoms with Crippen LogP contribution in [0.4, 0.5) is 0 Å². The van der Waals surface area contributed by atoms with Crippen molar-refractivity contribution in [3.05, 3.63) is 42.0 Å². The number of phenols is 1. The van der Waals surface area contributed by atoms with Crippen LogP contribution in [0.3, 0.4) is 0 Å². The molecule has 2 aliphatic rings. The van der Waals surface area contributed by atoms with Gasteiger partial charge in [0.15, 0.2) is 0 Å². The van der Waals surface area contributed by atoms with Crippen LogP contribution in [0.1, 0.15) is 83.6 Å². The van der Waals surface area contributed by atoms with Gasteiger partial charge in [0, 0.05) is 38.0 Å². The van der Waals surface area contributed by atoms with E-state index in [9.17, 15) is 33.9 Å². The lowest BCUT2D eigenvalue weighted by Gasteiger charge is -2.30. The molecule has 0 unspecified atom stereocenters. The van der Waals surface area contributed by atoms with Crippen LogP contribution in [0, 0.1) is 5.92 Å². The van der Waals surface area contributed by atoms with E-state index in [1.165, 1.54) is 29.2 Å². The van der Waals surface area contributed by atoms with Crippen molar-refractivity contribution in [1.29, 1.82) is 0 Å². The third kappa shape index (κ3) is 13.6. The molecule has 0 bridgehead atoms. The highest BCUT2D eigenvalue weighted by Crippen LogP contribution is 2.20. The van der Waals surface area contributed by atoms with E-state index in [4.69, 9.17) is 11.5 Å². The Morgan fingerprint density at radius 3 is 2.38 bits per heavy atom. The van der Waals surface area contributed by atoms with E-state index < -0.39 is 59.7 Å². The van der Waals surface area contributed by atoms with Gasteiger partial charge >= 0.3 is 0 Å². The highest BCUT2D eigenvalue weighted by atomic mass is 16.3. The number of aromatic hydroxyl groups is 1. The van der Waals surface area contributed by atoms with E-state index in [1.807, 2.05) is 13.8 Å². The molecule has 10 N–H and O–H groups in total. The first kappa shape index (κ1) is 41.9. The van der Waals surface area contributed by atoms with E-state index >= 15 is 0 Å². The summed E-state index contributed by atoms with van der Waals surface area (Å²) in [5.41, 5.74) is 12.1. The molecule has 3 rings (SSSR count). The number of nitrogens with zero attached hydrogens (tertiary/aromatic N) is 1. The number of carbonyl (C=O) groups is 6. The zero-order valence-corrected chi connectivity index (χ0v) is 30.5. The zero-order valence-electron chi connectivity index (χ0n) is 30.5. The Balaban J connectivity index is 1.98. The Morgan fingerprint density at radius 2 is 1.69 bits per heavy atom. The number of carbonyl (C=O) groups excluding carboxylic acids is 6. The minimum atomic E-state index is -1.15. The van der Waals surface area contributed by atoms with Crippen molar-refractivity contribution >= 4 is 35.4 Å². The quantitative estimate of drug-likeness (QED) is 0.130. The van der Waals surface area contributed by atoms with Crippen molar-refractivity contribution in [2.24, 2.45) is 17.4 Å². The third-order valence-corrected chi connectivity index (χ3v) is 9.61. The highest BCUT2D eigenvalue weighted by molar-refractivity contribution is 5.94. The fraction of sp³-hybridized carbons (Fsp3) is 0.622. The topological polar surface area (TPSA) is 238 Å². The summed E-state index contributed by atoms with van der Waals surface area (Å²) >= 11 is 0. The number of hydrogen-bond donors (Lipinski definition) is 8. The predicted molar refractivity (Wildman–Crippen MR) is 196 cm³/mol. The Labute approximate surface area is 306 Å². The second kappa shape index (κ2) is 21.8. The van der Waals surface area contributed by atoms with Crippen LogP contribution in [0.25, 0.3) is 0 Å². The first-order chi connectivity index (χ1) is 24.9. The number of benzene rings is 1. The minimum Gasteiger partial charge on any atom is -0.508 e. The van der Waals surface area contributed by atoms with Crippen LogP contribution >= 0.6 is 0 Å². The molecule has 288 valence electrons. The maximum Gasteiger partial charge on any atom is 0.247 e. The number of phenolic OH excluding ortho intramolecular Hbond substituents is 1. The van der Waals surface area contributed by atoms with Crippen molar-refractivity contribution in [2.75, 3.05) is 26.2 Å². The standard InChI is InChI=1S/C37H58N8O7/c1-3-24(2)34-36(51)42-27(21-25-12-15-28(46)16-13-25)14-17-31(47)40-23-29(43-32(48)11-5-7-19-39)37(52)45-20-8-10-30(45)35(50)41-26(9-4-6-18-38)22-33(49)44-34/h12-17,24,26-27,29-30,34,46H,3-11,18-23,38-39H2,1-2H3,(H,40,47)(H,41,50)(H,42,51)(H,43,48)(H,44,49)/b17-14+/t24-,26-,27+,29-,30-,34+/m0/s1. The second-order valence-corrected chi connectivity index (χ2v) is 13.8. The van der Waals surface area contributed by atoms with Gasteiger partial charge in [-0.1, -0.05) is 44.9 Å². The summed E-state index contributed by atoms with van der Waals surface area (Å²) in [6.07, 6.45) is 7.60. The van der Waals surface area contributed by atoms with Gasteiger partial charge < -0.3 is 48.1 Å². The summed E-state index contributed by atoms with van der Waals surface area (Å²) in [4.78, 5) is 82.5. The monoisotopic (exact) mass is 726 g/mol. The molecule has 15 nitrogen and oxygen atoms in total. The molecule has 6 atom stereocenters. The molecule has 1 saturated heterocycles. The van der Waals surface area contributed by atoms with Gasteiger partial charge in [-0.05, 0) is 81.6 Å². The summed E-state index contributed by atoms with van der Waals surface area (Å²) in [5, 5.41) is 24.0. The third-order valence-electron chi connectivity index (χ3n) is 9.61. The van der Waals surface area contributed by atoms with Crippen LogP contribution in [0.5, 0.6) is 5.75 Å². The Bertz CT molecular complexity index is 1390. The second-order valence-electron chi connectivity index (χ2n) is 13.8. The molecular formula is C37H58N8O7. The SMILES string of the molecule is CC[C@H](C)[C@H]1NC(=O)C[C@H](CCCCN)NC(=O)[C@@H]2CCCN2C(=O)[C@@H](NC(=O)CCCCN)CNC(=O)/C=C/[C@H](Cc2ccc(O)cc2)NC1=O. The lowest BCUT2D eigenvalue weighted by molar-refractivity contribution is -0.141. The summed E-state index contributed by atoms with van der Waals surface area (Å²) in [6, 6.07) is 2.30. The molecule has 0 spiro atoms. The van der Waals surface area contributed by atoms with Gasteiger partial charge in [-0.3, -0.25) is 28.8 Å². The van der Waals surface area contributed by atoms with Crippen molar-refractivity contribution < 1.29 is 33.9 Å². The molecule has 52 heavy (non-hydrogen) atoms. The van der Waals surface area contributed by atoms with Crippen LogP contribution in [0.15, 0.2) is 36.4 Å². The molecule has 1 fully saturated rings. The Hall–Kier alpha value is -4.50. The number of amides is 6. The lowest BCUT2D eigenvalue weighted by atomic mass is 9.96. The van der Waals surface area contributed by atoms with Gasteiger partial charge in [0.25, 0.3) is 0 Å². The van der Waals surface area contributed by atoms with Crippen molar-refractivity contribution in [1.82, 2.24) is 31.5 Å². The molecule has 0 aliphatic carbocycles. The van der Waals surface area contributed by atoms with E-state index in [0.29, 0.717) is 64.5 Å². The van der Waals surface area contributed by atoms with Crippen molar-refractivity contribution in [3.63, 3.8) is 0 Å². The van der Waals surface area contributed by atoms with Gasteiger partial charge in [-0.2, -0.15) is 0 Å². The molecule has 6 amide bonds. The normalized spacial score (nSPS) is 25.0. The molecule has 0 saturated carbocycles. The Morgan fingerprint density at radius 1 is 0.981 bits per heavy atom. The van der Waals surface area contributed by atoms with Gasteiger partial charge in [0.05, 0.1) is 6.04 Å². The zero-order chi connectivity index (χ0) is 38.0. The first-order valence-electron chi connectivity index (χ1n) is 18.6. The minimum absolute atomic E-state index is 0.0797. The molecule has 2 aliphatic heterocycles.